The van der Waals surface area contributed by atoms with Crippen molar-refractivity contribution in [2.24, 2.45) is 29.6 Å². The Morgan fingerprint density at radius 2 is 2.06 bits per heavy atom. The van der Waals surface area contributed by atoms with E-state index < -0.39 is 0 Å². The molecule has 6 unspecified atom stereocenters. The summed E-state index contributed by atoms with van der Waals surface area (Å²) in [5.41, 5.74) is -0.294. The fourth-order valence-corrected chi connectivity index (χ4v) is 4.71. The monoisotopic (exact) mass is 224 g/mol. The second-order valence-electron chi connectivity index (χ2n) is 6.20. The van der Waals surface area contributed by atoms with Gasteiger partial charge < -0.3 is 9.47 Å². The van der Waals surface area contributed by atoms with Gasteiger partial charge in [0.05, 0.1) is 12.0 Å². The number of hydrogen-bond acceptors (Lipinski definition) is 3. The van der Waals surface area contributed by atoms with Crippen LogP contribution in [-0.2, 0) is 14.3 Å². The van der Waals surface area contributed by atoms with Gasteiger partial charge in [-0.05, 0) is 38.0 Å². The van der Waals surface area contributed by atoms with E-state index in [0.29, 0.717) is 29.8 Å². The molecule has 0 spiro atoms. The average Bonchev–Trinajstić information content (AvgIpc) is 2.77. The van der Waals surface area contributed by atoms with Crippen LogP contribution in [0, 0.1) is 29.6 Å². The highest BCUT2D eigenvalue weighted by atomic mass is 16.6. The molecule has 2 saturated carbocycles. The second-order valence-corrected chi connectivity index (χ2v) is 6.20. The molecule has 2 bridgehead atoms. The lowest BCUT2D eigenvalue weighted by Gasteiger charge is -2.37. The van der Waals surface area contributed by atoms with Gasteiger partial charge in [0.15, 0.2) is 0 Å². The Morgan fingerprint density at radius 3 is 2.69 bits per heavy atom. The van der Waals surface area contributed by atoms with Gasteiger partial charge in [0.1, 0.15) is 5.60 Å². The van der Waals surface area contributed by atoms with Crippen LogP contribution in [-0.4, -0.2) is 24.8 Å². The first kappa shape index (κ1) is 10.6. The lowest BCUT2D eigenvalue weighted by molar-refractivity contribution is -0.150. The summed E-state index contributed by atoms with van der Waals surface area (Å²) < 4.78 is 11.2. The summed E-state index contributed by atoms with van der Waals surface area (Å²) in [4.78, 5) is 11.9. The van der Waals surface area contributed by atoms with E-state index in [9.17, 15) is 4.79 Å². The zero-order valence-electron chi connectivity index (χ0n) is 10.4. The molecule has 16 heavy (non-hydrogen) atoms. The SMILES string of the molecule is COC1C(C)C2CC1C1C2C(=O)OC1(C)C. The highest BCUT2D eigenvalue weighted by molar-refractivity contribution is 5.77. The predicted octanol–water partition coefficient (Wildman–Crippen LogP) is 1.85. The first-order chi connectivity index (χ1) is 7.47. The summed E-state index contributed by atoms with van der Waals surface area (Å²) in [6.07, 6.45) is 1.47. The Bertz CT molecular complexity index is 336. The van der Waals surface area contributed by atoms with Crippen molar-refractivity contribution in [3.63, 3.8) is 0 Å². The number of ether oxygens (including phenoxy) is 2. The molecule has 0 aromatic carbocycles. The van der Waals surface area contributed by atoms with Gasteiger partial charge in [-0.1, -0.05) is 6.92 Å². The molecule has 0 amide bonds. The molecule has 0 N–H and O–H groups in total. The molecule has 3 rings (SSSR count). The van der Waals surface area contributed by atoms with Crippen LogP contribution < -0.4 is 0 Å². The Kier molecular flexibility index (Phi) is 1.99. The molecule has 0 aromatic rings. The Hall–Kier alpha value is -0.570. The molecule has 3 heteroatoms. The van der Waals surface area contributed by atoms with Crippen LogP contribution in [0.4, 0.5) is 0 Å². The Balaban J connectivity index is 1.98. The minimum atomic E-state index is -0.294. The van der Waals surface area contributed by atoms with Crippen molar-refractivity contribution >= 4 is 5.97 Å². The summed E-state index contributed by atoms with van der Waals surface area (Å²) in [7, 11) is 1.79. The third-order valence-corrected chi connectivity index (χ3v) is 5.18. The van der Waals surface area contributed by atoms with Crippen molar-refractivity contribution in [2.75, 3.05) is 7.11 Å². The molecule has 0 aromatic heterocycles. The standard InChI is InChI=1S/C13H20O3/c1-6-7-5-8(11(6)15-4)10-9(7)12(14)16-13(10,2)3/h6-11H,5H2,1-4H3. The maximum absolute atomic E-state index is 11.9. The van der Waals surface area contributed by atoms with E-state index in [1.165, 1.54) is 0 Å². The minimum absolute atomic E-state index is 0.0314. The molecule has 1 heterocycles. The Morgan fingerprint density at radius 1 is 1.38 bits per heavy atom. The van der Waals surface area contributed by atoms with Crippen LogP contribution >= 0.6 is 0 Å². The zero-order valence-corrected chi connectivity index (χ0v) is 10.4. The highest BCUT2D eigenvalue weighted by Gasteiger charge is 2.67. The van der Waals surface area contributed by atoms with Gasteiger partial charge >= 0.3 is 5.97 Å². The molecule has 2 aliphatic carbocycles. The number of rotatable bonds is 1. The van der Waals surface area contributed by atoms with Crippen molar-refractivity contribution < 1.29 is 14.3 Å². The van der Waals surface area contributed by atoms with E-state index >= 15 is 0 Å². The first-order valence-electron chi connectivity index (χ1n) is 6.23. The van der Waals surface area contributed by atoms with Crippen LogP contribution in [0.2, 0.25) is 0 Å². The van der Waals surface area contributed by atoms with Gasteiger partial charge in [-0.25, -0.2) is 0 Å². The van der Waals surface area contributed by atoms with Crippen molar-refractivity contribution in [1.82, 2.24) is 0 Å². The first-order valence-corrected chi connectivity index (χ1v) is 6.23. The van der Waals surface area contributed by atoms with Gasteiger partial charge in [0, 0.05) is 13.0 Å². The van der Waals surface area contributed by atoms with Crippen LogP contribution in [0.3, 0.4) is 0 Å². The normalized spacial score (nSPS) is 52.9. The van der Waals surface area contributed by atoms with Gasteiger partial charge in [0.2, 0.25) is 0 Å². The summed E-state index contributed by atoms with van der Waals surface area (Å²) in [6.45, 7) is 6.31. The fraction of sp³-hybridized carbons (Fsp3) is 0.923. The molecule has 3 nitrogen and oxygen atoms in total. The van der Waals surface area contributed by atoms with Gasteiger partial charge in [-0.3, -0.25) is 4.79 Å². The fourth-order valence-electron chi connectivity index (χ4n) is 4.71. The third-order valence-electron chi connectivity index (χ3n) is 5.18. The van der Waals surface area contributed by atoms with Crippen molar-refractivity contribution in [3.8, 4) is 0 Å². The molecule has 1 saturated heterocycles. The molecule has 0 radical (unpaired) electrons. The number of cyclic esters (lactones) is 1. The smallest absolute Gasteiger partial charge is 0.310 e. The lowest BCUT2D eigenvalue weighted by Crippen LogP contribution is -2.43. The largest absolute Gasteiger partial charge is 0.459 e. The van der Waals surface area contributed by atoms with Gasteiger partial charge in [-0.2, -0.15) is 0 Å². The van der Waals surface area contributed by atoms with Crippen molar-refractivity contribution in [2.45, 2.75) is 38.9 Å². The minimum Gasteiger partial charge on any atom is -0.459 e. The molecular weight excluding hydrogens is 204 g/mol. The van der Waals surface area contributed by atoms with E-state index in [-0.39, 0.29) is 17.5 Å². The van der Waals surface area contributed by atoms with Crippen molar-refractivity contribution in [3.05, 3.63) is 0 Å². The number of carbonyl (C=O) groups is 1. The number of esters is 1. The quantitative estimate of drug-likeness (QED) is 0.638. The maximum atomic E-state index is 11.9. The summed E-state index contributed by atoms with van der Waals surface area (Å²) >= 11 is 0. The van der Waals surface area contributed by atoms with Crippen LogP contribution in [0.1, 0.15) is 27.2 Å². The maximum Gasteiger partial charge on any atom is 0.310 e. The molecule has 1 aliphatic heterocycles. The summed E-state index contributed by atoms with van der Waals surface area (Å²) in [6, 6.07) is 0. The lowest BCUT2D eigenvalue weighted by atomic mass is 9.69. The van der Waals surface area contributed by atoms with E-state index in [0.717, 1.165) is 6.42 Å². The summed E-state index contributed by atoms with van der Waals surface area (Å²) in [5.74, 6) is 2.03. The number of methoxy groups -OCH3 is 1. The van der Waals surface area contributed by atoms with Crippen molar-refractivity contribution in [1.29, 1.82) is 0 Å². The molecule has 3 fully saturated rings. The van der Waals surface area contributed by atoms with E-state index in [2.05, 4.69) is 6.92 Å². The van der Waals surface area contributed by atoms with Crippen LogP contribution in [0.5, 0.6) is 0 Å². The molecule has 6 atom stereocenters. The summed E-state index contributed by atoms with van der Waals surface area (Å²) in [5, 5.41) is 0. The highest BCUT2D eigenvalue weighted by Crippen LogP contribution is 2.62. The molecular formula is C13H20O3. The predicted molar refractivity (Wildman–Crippen MR) is 58.7 cm³/mol. The second kappa shape index (κ2) is 3.00. The average molecular weight is 224 g/mol. The Labute approximate surface area is 96.5 Å². The van der Waals surface area contributed by atoms with E-state index in [1.54, 1.807) is 7.11 Å². The molecule has 90 valence electrons. The number of carbonyl (C=O) groups excluding carboxylic acids is 1. The zero-order chi connectivity index (χ0) is 11.7. The third kappa shape index (κ3) is 1.05. The van der Waals surface area contributed by atoms with E-state index in [1.807, 2.05) is 13.8 Å². The van der Waals surface area contributed by atoms with Gasteiger partial charge in [0.25, 0.3) is 0 Å². The topological polar surface area (TPSA) is 35.5 Å². The number of fused-ring (bicyclic) bond motifs is 5. The van der Waals surface area contributed by atoms with Gasteiger partial charge in [-0.15, -0.1) is 0 Å². The van der Waals surface area contributed by atoms with Crippen LogP contribution in [0.25, 0.3) is 0 Å². The van der Waals surface area contributed by atoms with E-state index in [4.69, 9.17) is 9.47 Å². The van der Waals surface area contributed by atoms with Crippen LogP contribution in [0.15, 0.2) is 0 Å². The number of hydrogen-bond donors (Lipinski definition) is 0. The molecule has 3 aliphatic rings.